The number of halogens is 1. The molecule has 25 heavy (non-hydrogen) atoms. The van der Waals surface area contributed by atoms with Crippen LogP contribution in [0.4, 0.5) is 0 Å². The van der Waals surface area contributed by atoms with Gasteiger partial charge in [-0.25, -0.2) is 4.98 Å². The van der Waals surface area contributed by atoms with Crippen LogP contribution in [0.3, 0.4) is 0 Å². The topological polar surface area (TPSA) is 44.9 Å². The molecule has 0 fully saturated rings. The minimum Gasteiger partial charge on any atom is -0.356 e. The summed E-state index contributed by atoms with van der Waals surface area (Å²) in [5.74, 6) is 0.893. The molecular weight excluding hydrogens is 398 g/mol. The van der Waals surface area contributed by atoms with Crippen LogP contribution in [0.25, 0.3) is 5.65 Å². The van der Waals surface area contributed by atoms with Crippen molar-refractivity contribution >= 4 is 38.9 Å². The van der Waals surface area contributed by atoms with Crippen molar-refractivity contribution in [2.45, 2.75) is 19.9 Å². The van der Waals surface area contributed by atoms with Crippen molar-refractivity contribution in [2.75, 3.05) is 20.6 Å². The average molecular weight is 420 g/mol. The SMILES string of the molecule is CN=C(NCCc1cn2cccc(C)c2n1)N(C)Cc1ccc(Br)s1. The number of aromatic nitrogens is 2. The third-order valence-electron chi connectivity index (χ3n) is 3.99. The maximum absolute atomic E-state index is 4.72. The van der Waals surface area contributed by atoms with Crippen LogP contribution < -0.4 is 5.32 Å². The summed E-state index contributed by atoms with van der Waals surface area (Å²) in [6.07, 6.45) is 5.00. The summed E-state index contributed by atoms with van der Waals surface area (Å²) in [5, 5.41) is 3.42. The number of fused-ring (bicyclic) bond motifs is 1. The highest BCUT2D eigenvalue weighted by molar-refractivity contribution is 9.11. The molecule has 0 bridgehead atoms. The van der Waals surface area contributed by atoms with E-state index in [4.69, 9.17) is 4.98 Å². The second kappa shape index (κ2) is 8.01. The molecule has 5 nitrogen and oxygen atoms in total. The zero-order valence-electron chi connectivity index (χ0n) is 14.7. The zero-order valence-corrected chi connectivity index (χ0v) is 17.1. The smallest absolute Gasteiger partial charge is 0.193 e. The first kappa shape index (κ1) is 17.9. The standard InChI is InChI=1S/C18H22BrN5S/c1-13-5-4-10-24-11-14(22-17(13)24)8-9-21-18(20-2)23(3)12-15-6-7-16(19)25-15/h4-7,10-11H,8-9,12H2,1-3H3,(H,20,21). The first-order valence-electron chi connectivity index (χ1n) is 8.16. The molecular formula is C18H22BrN5S. The van der Waals surface area contributed by atoms with Crippen LogP contribution in [0.1, 0.15) is 16.1 Å². The fourth-order valence-corrected chi connectivity index (χ4v) is 4.29. The number of rotatable bonds is 5. The van der Waals surface area contributed by atoms with Gasteiger partial charge < -0.3 is 14.6 Å². The number of thiophene rings is 1. The normalized spacial score (nSPS) is 11.9. The molecule has 0 spiro atoms. The second-order valence-electron chi connectivity index (χ2n) is 5.94. The van der Waals surface area contributed by atoms with Crippen molar-refractivity contribution in [3.63, 3.8) is 0 Å². The van der Waals surface area contributed by atoms with Crippen molar-refractivity contribution < 1.29 is 0 Å². The van der Waals surface area contributed by atoms with Crippen molar-refractivity contribution in [3.8, 4) is 0 Å². The molecule has 0 atom stereocenters. The van der Waals surface area contributed by atoms with Gasteiger partial charge in [-0.15, -0.1) is 11.3 Å². The van der Waals surface area contributed by atoms with Crippen molar-refractivity contribution in [1.82, 2.24) is 19.6 Å². The molecule has 132 valence electrons. The largest absolute Gasteiger partial charge is 0.356 e. The molecule has 0 saturated carbocycles. The van der Waals surface area contributed by atoms with Gasteiger partial charge in [-0.2, -0.15) is 0 Å². The first-order chi connectivity index (χ1) is 12.1. The number of aryl methyl sites for hydroxylation is 1. The van der Waals surface area contributed by atoms with Gasteiger partial charge >= 0.3 is 0 Å². The van der Waals surface area contributed by atoms with Crippen LogP contribution in [0.5, 0.6) is 0 Å². The lowest BCUT2D eigenvalue weighted by Gasteiger charge is -2.21. The van der Waals surface area contributed by atoms with Crippen LogP contribution >= 0.6 is 27.3 Å². The Bertz CT molecular complexity index is 883. The minimum absolute atomic E-state index is 0.800. The zero-order chi connectivity index (χ0) is 17.8. The lowest BCUT2D eigenvalue weighted by atomic mass is 10.3. The average Bonchev–Trinajstić information content (AvgIpc) is 3.18. The maximum Gasteiger partial charge on any atom is 0.193 e. The highest BCUT2D eigenvalue weighted by Gasteiger charge is 2.09. The maximum atomic E-state index is 4.72. The van der Waals surface area contributed by atoms with Crippen molar-refractivity contribution in [1.29, 1.82) is 0 Å². The highest BCUT2D eigenvalue weighted by atomic mass is 79.9. The minimum atomic E-state index is 0.800. The first-order valence-corrected chi connectivity index (χ1v) is 9.77. The summed E-state index contributed by atoms with van der Waals surface area (Å²) in [6.45, 7) is 3.72. The monoisotopic (exact) mass is 419 g/mol. The number of guanidine groups is 1. The van der Waals surface area contributed by atoms with Gasteiger partial charge in [0, 0.05) is 44.3 Å². The van der Waals surface area contributed by atoms with Crippen molar-refractivity contribution in [2.24, 2.45) is 4.99 Å². The van der Waals surface area contributed by atoms with E-state index in [1.54, 1.807) is 11.3 Å². The Hall–Kier alpha value is -1.86. The van der Waals surface area contributed by atoms with E-state index in [-0.39, 0.29) is 0 Å². The summed E-state index contributed by atoms with van der Waals surface area (Å²) in [6, 6.07) is 8.35. The second-order valence-corrected chi connectivity index (χ2v) is 8.49. The number of imidazole rings is 1. The van der Waals surface area contributed by atoms with Gasteiger partial charge in [-0.1, -0.05) is 6.07 Å². The molecule has 0 saturated heterocycles. The highest BCUT2D eigenvalue weighted by Crippen LogP contribution is 2.22. The van der Waals surface area contributed by atoms with Gasteiger partial charge in [0.05, 0.1) is 16.0 Å². The quantitative estimate of drug-likeness (QED) is 0.506. The predicted octanol–water partition coefficient (Wildman–Crippen LogP) is 3.72. The van der Waals surface area contributed by atoms with Crippen LogP contribution in [0.2, 0.25) is 0 Å². The number of nitrogens with one attached hydrogen (secondary N) is 1. The van der Waals surface area contributed by atoms with Crippen molar-refractivity contribution in [3.05, 3.63) is 56.6 Å². The summed E-state index contributed by atoms with van der Waals surface area (Å²) in [4.78, 5) is 12.5. The van der Waals surface area contributed by atoms with Crippen LogP contribution in [0.15, 0.2) is 45.4 Å². The lowest BCUT2D eigenvalue weighted by Crippen LogP contribution is -2.39. The van der Waals surface area contributed by atoms with E-state index in [0.717, 1.165) is 40.6 Å². The summed E-state index contributed by atoms with van der Waals surface area (Å²) >= 11 is 5.26. The van der Waals surface area contributed by atoms with Gasteiger partial charge in [0.2, 0.25) is 0 Å². The molecule has 0 aliphatic carbocycles. The number of hydrogen-bond donors (Lipinski definition) is 1. The van der Waals surface area contributed by atoms with E-state index in [1.807, 2.05) is 19.3 Å². The fourth-order valence-electron chi connectivity index (χ4n) is 2.76. The number of pyridine rings is 1. The molecule has 0 amide bonds. The molecule has 0 unspecified atom stereocenters. The summed E-state index contributed by atoms with van der Waals surface area (Å²) < 4.78 is 3.24. The third-order valence-corrected chi connectivity index (χ3v) is 5.60. The van der Waals surface area contributed by atoms with E-state index < -0.39 is 0 Å². The summed E-state index contributed by atoms with van der Waals surface area (Å²) in [5.41, 5.74) is 3.31. The number of nitrogens with zero attached hydrogens (tertiary/aromatic N) is 4. The van der Waals surface area contributed by atoms with E-state index in [2.05, 4.69) is 73.9 Å². The third kappa shape index (κ3) is 4.41. The molecule has 1 N–H and O–H groups in total. The number of hydrogen-bond acceptors (Lipinski definition) is 3. The van der Waals surface area contributed by atoms with E-state index in [0.29, 0.717) is 0 Å². The van der Waals surface area contributed by atoms with E-state index >= 15 is 0 Å². The molecule has 0 aliphatic heterocycles. The Kier molecular flexibility index (Phi) is 5.75. The Labute approximate surface area is 160 Å². The van der Waals surface area contributed by atoms with E-state index in [1.165, 1.54) is 10.4 Å². The van der Waals surface area contributed by atoms with Crippen LogP contribution in [-0.2, 0) is 13.0 Å². The Morgan fingerprint density at radius 3 is 2.92 bits per heavy atom. The number of aliphatic imine (C=N–C) groups is 1. The van der Waals surface area contributed by atoms with Crippen LogP contribution in [0, 0.1) is 6.92 Å². The fraction of sp³-hybridized carbons (Fsp3) is 0.333. The molecule has 0 radical (unpaired) electrons. The predicted molar refractivity (Wildman–Crippen MR) is 108 cm³/mol. The molecule has 3 rings (SSSR count). The Morgan fingerprint density at radius 1 is 1.40 bits per heavy atom. The van der Waals surface area contributed by atoms with E-state index in [9.17, 15) is 0 Å². The molecule has 0 aliphatic rings. The van der Waals surface area contributed by atoms with Gasteiger partial charge in [0.1, 0.15) is 5.65 Å². The Morgan fingerprint density at radius 2 is 2.24 bits per heavy atom. The molecule has 3 heterocycles. The van der Waals surface area contributed by atoms with Crippen LogP contribution in [-0.4, -0.2) is 40.9 Å². The molecule has 3 aromatic heterocycles. The lowest BCUT2D eigenvalue weighted by molar-refractivity contribution is 0.482. The molecule has 7 heteroatoms. The molecule has 0 aromatic carbocycles. The molecule has 3 aromatic rings. The Balaban J connectivity index is 1.56. The van der Waals surface area contributed by atoms with Gasteiger partial charge in [-0.05, 0) is 46.6 Å². The van der Waals surface area contributed by atoms with Gasteiger partial charge in [-0.3, -0.25) is 4.99 Å². The van der Waals surface area contributed by atoms with Gasteiger partial charge in [0.25, 0.3) is 0 Å². The van der Waals surface area contributed by atoms with Gasteiger partial charge in [0.15, 0.2) is 5.96 Å². The summed E-state index contributed by atoms with van der Waals surface area (Å²) in [7, 11) is 3.87.